The predicted octanol–water partition coefficient (Wildman–Crippen LogP) is 1.78. The van der Waals surface area contributed by atoms with Gasteiger partial charge in [0, 0.05) is 13.0 Å². The van der Waals surface area contributed by atoms with E-state index in [0.29, 0.717) is 31.5 Å². The Hall–Kier alpha value is -0.610. The van der Waals surface area contributed by atoms with Crippen LogP contribution in [0.4, 0.5) is 0 Å². The first kappa shape index (κ1) is 15.4. The van der Waals surface area contributed by atoms with Crippen LogP contribution >= 0.6 is 0 Å². The molecule has 4 nitrogen and oxygen atoms in total. The van der Waals surface area contributed by atoms with Crippen molar-refractivity contribution in [3.05, 3.63) is 0 Å². The van der Waals surface area contributed by atoms with Gasteiger partial charge in [0.05, 0.1) is 19.3 Å². The lowest BCUT2D eigenvalue weighted by molar-refractivity contribution is -0.140. The first-order valence-electron chi connectivity index (χ1n) is 7.30. The number of morpholine rings is 1. The van der Waals surface area contributed by atoms with Crippen LogP contribution in [0.1, 0.15) is 46.0 Å². The van der Waals surface area contributed by atoms with E-state index in [9.17, 15) is 4.79 Å². The quantitative estimate of drug-likeness (QED) is 0.755. The predicted molar refractivity (Wildman–Crippen MR) is 73.3 cm³/mol. The Bertz CT molecular complexity index is 246. The van der Waals surface area contributed by atoms with Crippen molar-refractivity contribution >= 4 is 5.91 Å². The van der Waals surface area contributed by atoms with Gasteiger partial charge >= 0.3 is 0 Å². The van der Waals surface area contributed by atoms with E-state index in [-0.39, 0.29) is 6.04 Å². The van der Waals surface area contributed by atoms with Gasteiger partial charge in [-0.2, -0.15) is 0 Å². The second-order valence-electron chi connectivity index (χ2n) is 5.11. The molecule has 1 heterocycles. The van der Waals surface area contributed by atoms with Crippen LogP contribution in [0.2, 0.25) is 0 Å². The van der Waals surface area contributed by atoms with Crippen molar-refractivity contribution < 1.29 is 9.53 Å². The molecule has 0 spiro atoms. The van der Waals surface area contributed by atoms with E-state index in [0.717, 1.165) is 38.8 Å². The van der Waals surface area contributed by atoms with Gasteiger partial charge in [-0.25, -0.2) is 0 Å². The molecule has 0 radical (unpaired) electrons. The molecule has 0 aromatic carbocycles. The van der Waals surface area contributed by atoms with Gasteiger partial charge < -0.3 is 15.4 Å². The molecule has 4 heteroatoms. The number of rotatable bonds is 7. The van der Waals surface area contributed by atoms with E-state index in [1.54, 1.807) is 0 Å². The van der Waals surface area contributed by atoms with Crippen LogP contribution in [0.25, 0.3) is 0 Å². The SMILES string of the molecule is CCC(CCN)CCC(=O)N1CCOCC1CC. The summed E-state index contributed by atoms with van der Waals surface area (Å²) in [5.74, 6) is 0.890. The van der Waals surface area contributed by atoms with Gasteiger partial charge in [-0.05, 0) is 31.7 Å². The van der Waals surface area contributed by atoms with Gasteiger partial charge in [0.1, 0.15) is 0 Å². The Morgan fingerprint density at radius 1 is 1.44 bits per heavy atom. The zero-order valence-corrected chi connectivity index (χ0v) is 11.9. The lowest BCUT2D eigenvalue weighted by Gasteiger charge is -2.35. The second-order valence-corrected chi connectivity index (χ2v) is 5.11. The largest absolute Gasteiger partial charge is 0.377 e. The summed E-state index contributed by atoms with van der Waals surface area (Å²) in [6, 6.07) is 0.279. The minimum atomic E-state index is 0.279. The van der Waals surface area contributed by atoms with Crippen LogP contribution in [-0.2, 0) is 9.53 Å². The number of amides is 1. The summed E-state index contributed by atoms with van der Waals surface area (Å²) in [5, 5.41) is 0. The van der Waals surface area contributed by atoms with Gasteiger partial charge in [-0.15, -0.1) is 0 Å². The van der Waals surface area contributed by atoms with Crippen LogP contribution in [0.3, 0.4) is 0 Å². The summed E-state index contributed by atoms with van der Waals surface area (Å²) < 4.78 is 5.43. The maximum absolute atomic E-state index is 12.2. The van der Waals surface area contributed by atoms with Crippen LogP contribution < -0.4 is 5.73 Å². The second kappa shape index (κ2) is 8.48. The Morgan fingerprint density at radius 3 is 2.83 bits per heavy atom. The highest BCUT2D eigenvalue weighted by atomic mass is 16.5. The molecule has 1 rings (SSSR count). The van der Waals surface area contributed by atoms with Crippen LogP contribution in [0, 0.1) is 5.92 Å². The van der Waals surface area contributed by atoms with Crippen LogP contribution in [-0.4, -0.2) is 43.2 Å². The summed E-state index contributed by atoms with van der Waals surface area (Å²) in [6.07, 6.45) is 4.76. The Labute approximate surface area is 111 Å². The topological polar surface area (TPSA) is 55.6 Å². The molecule has 0 aliphatic carbocycles. The van der Waals surface area contributed by atoms with Crippen molar-refractivity contribution in [1.29, 1.82) is 0 Å². The number of hydrogen-bond acceptors (Lipinski definition) is 3. The third-order valence-electron chi connectivity index (χ3n) is 3.94. The molecule has 0 aromatic heterocycles. The van der Waals surface area contributed by atoms with Gasteiger partial charge in [0.2, 0.25) is 5.91 Å². The van der Waals surface area contributed by atoms with Crippen molar-refractivity contribution in [3.8, 4) is 0 Å². The third-order valence-corrected chi connectivity index (χ3v) is 3.94. The molecule has 2 N–H and O–H groups in total. The maximum atomic E-state index is 12.2. The molecule has 0 saturated carbocycles. The molecular weight excluding hydrogens is 228 g/mol. The molecule has 2 atom stereocenters. The fraction of sp³-hybridized carbons (Fsp3) is 0.929. The first-order valence-corrected chi connectivity index (χ1v) is 7.30. The number of carbonyl (C=O) groups is 1. The highest BCUT2D eigenvalue weighted by Crippen LogP contribution is 2.18. The summed E-state index contributed by atoms with van der Waals surface area (Å²) in [6.45, 7) is 7.15. The highest BCUT2D eigenvalue weighted by molar-refractivity contribution is 5.76. The molecule has 1 fully saturated rings. The maximum Gasteiger partial charge on any atom is 0.222 e. The van der Waals surface area contributed by atoms with Crippen LogP contribution in [0.5, 0.6) is 0 Å². The smallest absolute Gasteiger partial charge is 0.222 e. The van der Waals surface area contributed by atoms with Crippen molar-refractivity contribution in [2.75, 3.05) is 26.3 Å². The van der Waals surface area contributed by atoms with E-state index >= 15 is 0 Å². The third kappa shape index (κ3) is 4.58. The minimum absolute atomic E-state index is 0.279. The van der Waals surface area contributed by atoms with E-state index < -0.39 is 0 Å². The molecule has 1 amide bonds. The average Bonchev–Trinajstić information content (AvgIpc) is 2.42. The summed E-state index contributed by atoms with van der Waals surface area (Å²) in [4.78, 5) is 14.2. The Balaban J connectivity index is 2.38. The number of nitrogens with two attached hydrogens (primary N) is 1. The molecule has 106 valence electrons. The van der Waals surface area contributed by atoms with Crippen molar-refractivity contribution in [2.24, 2.45) is 11.7 Å². The Kier molecular flexibility index (Phi) is 7.28. The van der Waals surface area contributed by atoms with Gasteiger partial charge in [-0.3, -0.25) is 4.79 Å². The first-order chi connectivity index (χ1) is 8.72. The zero-order chi connectivity index (χ0) is 13.4. The number of nitrogens with zero attached hydrogens (tertiary/aromatic N) is 1. The van der Waals surface area contributed by atoms with Gasteiger partial charge in [-0.1, -0.05) is 20.3 Å². The minimum Gasteiger partial charge on any atom is -0.377 e. The van der Waals surface area contributed by atoms with E-state index in [1.807, 2.05) is 4.90 Å². The van der Waals surface area contributed by atoms with Gasteiger partial charge in [0.15, 0.2) is 0 Å². The molecule has 1 saturated heterocycles. The summed E-state index contributed by atoms with van der Waals surface area (Å²) in [5.41, 5.74) is 5.59. The molecule has 18 heavy (non-hydrogen) atoms. The van der Waals surface area contributed by atoms with E-state index in [1.165, 1.54) is 0 Å². The standard InChI is InChI=1S/C14H28N2O2/c1-3-12(7-8-15)5-6-14(17)16-9-10-18-11-13(16)4-2/h12-13H,3-11,15H2,1-2H3. The molecule has 1 aliphatic heterocycles. The highest BCUT2D eigenvalue weighted by Gasteiger charge is 2.25. The molecular formula is C14H28N2O2. The van der Waals surface area contributed by atoms with E-state index in [2.05, 4.69) is 13.8 Å². The lowest BCUT2D eigenvalue weighted by Crippen LogP contribution is -2.48. The normalized spacial score (nSPS) is 21.9. The van der Waals surface area contributed by atoms with Crippen LogP contribution in [0.15, 0.2) is 0 Å². The van der Waals surface area contributed by atoms with Crippen molar-refractivity contribution in [1.82, 2.24) is 4.90 Å². The fourth-order valence-corrected chi connectivity index (χ4v) is 2.58. The van der Waals surface area contributed by atoms with Gasteiger partial charge in [0.25, 0.3) is 0 Å². The number of hydrogen-bond donors (Lipinski definition) is 1. The molecule has 0 aromatic rings. The molecule has 2 unspecified atom stereocenters. The fourth-order valence-electron chi connectivity index (χ4n) is 2.58. The summed E-state index contributed by atoms with van der Waals surface area (Å²) >= 11 is 0. The zero-order valence-electron chi connectivity index (χ0n) is 11.9. The van der Waals surface area contributed by atoms with Crippen molar-refractivity contribution in [2.45, 2.75) is 52.0 Å². The average molecular weight is 256 g/mol. The van der Waals surface area contributed by atoms with Crippen molar-refractivity contribution in [3.63, 3.8) is 0 Å². The number of ether oxygens (including phenoxy) is 1. The number of carbonyl (C=O) groups excluding carboxylic acids is 1. The molecule has 1 aliphatic rings. The lowest BCUT2D eigenvalue weighted by atomic mass is 9.96. The Morgan fingerprint density at radius 2 is 2.22 bits per heavy atom. The summed E-state index contributed by atoms with van der Waals surface area (Å²) in [7, 11) is 0. The molecule has 0 bridgehead atoms. The monoisotopic (exact) mass is 256 g/mol. The van der Waals surface area contributed by atoms with E-state index in [4.69, 9.17) is 10.5 Å².